The number of benzene rings is 1. The van der Waals surface area contributed by atoms with Crippen molar-refractivity contribution < 1.29 is 9.42 Å². The largest absolute Gasteiger partial charge is 0.379 e. The molecule has 0 saturated heterocycles. The predicted molar refractivity (Wildman–Crippen MR) is 62.8 cm³/mol. The molecule has 0 unspecified atom stereocenters. The van der Waals surface area contributed by atoms with E-state index in [4.69, 9.17) is 5.73 Å². The Kier molecular flexibility index (Phi) is 2.19. The van der Waals surface area contributed by atoms with Gasteiger partial charge in [0, 0.05) is 11.1 Å². The number of rotatable bonds is 2. The first-order valence-corrected chi connectivity index (χ1v) is 5.06. The van der Waals surface area contributed by atoms with Crippen LogP contribution in [0.2, 0.25) is 0 Å². The second kappa shape index (κ2) is 3.84. The first-order chi connectivity index (χ1) is 8.74. The Hall–Kier alpha value is -2.90. The third-order valence-corrected chi connectivity index (χ3v) is 2.43. The summed E-state index contributed by atoms with van der Waals surface area (Å²) in [4.78, 5) is 11.8. The highest BCUT2D eigenvalue weighted by molar-refractivity contribution is 6.06. The van der Waals surface area contributed by atoms with E-state index in [1.807, 2.05) is 6.07 Å². The van der Waals surface area contributed by atoms with Crippen molar-refractivity contribution >= 4 is 28.3 Å². The molecule has 1 amide bonds. The smallest absolute Gasteiger partial charge is 0.281 e. The van der Waals surface area contributed by atoms with Crippen LogP contribution >= 0.6 is 0 Å². The predicted octanol–water partition coefficient (Wildman–Crippen LogP) is 0.780. The highest BCUT2D eigenvalue weighted by atomic mass is 16.6. The zero-order valence-electron chi connectivity index (χ0n) is 9.04. The van der Waals surface area contributed by atoms with Crippen LogP contribution in [0.4, 0.5) is 11.5 Å². The van der Waals surface area contributed by atoms with Crippen molar-refractivity contribution in [3.05, 3.63) is 30.1 Å². The van der Waals surface area contributed by atoms with Crippen molar-refractivity contribution in [1.82, 2.24) is 20.5 Å². The van der Waals surface area contributed by atoms with Crippen molar-refractivity contribution in [3.63, 3.8) is 0 Å². The van der Waals surface area contributed by atoms with Gasteiger partial charge in [0.25, 0.3) is 5.91 Å². The van der Waals surface area contributed by atoms with E-state index in [1.165, 1.54) is 0 Å². The maximum absolute atomic E-state index is 11.8. The number of nitrogen functional groups attached to an aromatic ring is 1. The standard InChI is InChI=1S/C10H8N6O2/c11-9-8(15-18-16-9)10(17)13-6-1-2-7-5(3-6)4-12-14-7/h1-4H,(H2,11,16)(H,12,14)(H,13,17). The molecule has 0 aliphatic heterocycles. The van der Waals surface area contributed by atoms with Gasteiger partial charge in [0.2, 0.25) is 11.5 Å². The van der Waals surface area contributed by atoms with Crippen LogP contribution in [-0.2, 0) is 0 Å². The number of aromatic amines is 1. The van der Waals surface area contributed by atoms with Crippen molar-refractivity contribution in [1.29, 1.82) is 0 Å². The average molecular weight is 244 g/mol. The van der Waals surface area contributed by atoms with Gasteiger partial charge >= 0.3 is 0 Å². The number of carbonyl (C=O) groups is 1. The van der Waals surface area contributed by atoms with E-state index in [1.54, 1.807) is 18.3 Å². The Balaban J connectivity index is 1.88. The number of nitrogens with zero attached hydrogens (tertiary/aromatic N) is 3. The molecule has 0 fully saturated rings. The van der Waals surface area contributed by atoms with Crippen LogP contribution in [0.5, 0.6) is 0 Å². The summed E-state index contributed by atoms with van der Waals surface area (Å²) in [5.74, 6) is -0.520. The molecular formula is C10H8N6O2. The van der Waals surface area contributed by atoms with E-state index in [-0.39, 0.29) is 11.5 Å². The Labute approximate surface area is 100 Å². The third-order valence-electron chi connectivity index (χ3n) is 2.43. The van der Waals surface area contributed by atoms with Crippen LogP contribution in [-0.4, -0.2) is 26.4 Å². The van der Waals surface area contributed by atoms with Crippen molar-refractivity contribution in [2.75, 3.05) is 11.1 Å². The molecule has 0 spiro atoms. The van der Waals surface area contributed by atoms with Crippen LogP contribution in [0.25, 0.3) is 10.9 Å². The minimum absolute atomic E-state index is 0.0395. The lowest BCUT2D eigenvalue weighted by Crippen LogP contribution is -2.14. The van der Waals surface area contributed by atoms with Gasteiger partial charge in [0.1, 0.15) is 0 Å². The van der Waals surface area contributed by atoms with Crippen LogP contribution in [0.15, 0.2) is 29.0 Å². The molecule has 2 heterocycles. The van der Waals surface area contributed by atoms with Crippen molar-refractivity contribution in [2.24, 2.45) is 0 Å². The molecule has 4 N–H and O–H groups in total. The summed E-state index contributed by atoms with van der Waals surface area (Å²) in [6.07, 6.45) is 1.66. The fourth-order valence-corrected chi connectivity index (χ4v) is 1.56. The summed E-state index contributed by atoms with van der Waals surface area (Å²) in [6, 6.07) is 5.32. The number of hydrogen-bond donors (Lipinski definition) is 3. The van der Waals surface area contributed by atoms with Gasteiger partial charge in [0.05, 0.1) is 11.7 Å². The van der Waals surface area contributed by atoms with Gasteiger partial charge in [-0.1, -0.05) is 0 Å². The quantitative estimate of drug-likeness (QED) is 0.612. The lowest BCUT2D eigenvalue weighted by molar-refractivity contribution is 0.101. The van der Waals surface area contributed by atoms with Crippen LogP contribution in [0, 0.1) is 0 Å². The number of amides is 1. The number of H-pyrrole nitrogens is 1. The number of fused-ring (bicyclic) bond motifs is 1. The fraction of sp³-hybridized carbons (Fsp3) is 0. The van der Waals surface area contributed by atoms with E-state index in [0.29, 0.717) is 5.69 Å². The molecule has 2 aromatic heterocycles. The summed E-state index contributed by atoms with van der Waals surface area (Å²) >= 11 is 0. The first kappa shape index (κ1) is 10.3. The number of hydrogen-bond acceptors (Lipinski definition) is 6. The molecule has 90 valence electrons. The second-order valence-corrected chi connectivity index (χ2v) is 3.62. The van der Waals surface area contributed by atoms with Gasteiger partial charge in [-0.15, -0.1) is 0 Å². The summed E-state index contributed by atoms with van der Waals surface area (Å²) in [6.45, 7) is 0. The van der Waals surface area contributed by atoms with E-state index in [0.717, 1.165) is 10.9 Å². The number of nitrogens with one attached hydrogen (secondary N) is 2. The topological polar surface area (TPSA) is 123 Å². The zero-order chi connectivity index (χ0) is 12.5. The molecule has 0 aliphatic rings. The van der Waals surface area contributed by atoms with Gasteiger partial charge in [-0.25, -0.2) is 4.63 Å². The number of nitrogens with two attached hydrogens (primary N) is 1. The van der Waals surface area contributed by atoms with Crippen LogP contribution in [0.1, 0.15) is 10.5 Å². The SMILES string of the molecule is Nc1nonc1C(=O)Nc1ccc2[nH]ncc2c1. The normalized spacial score (nSPS) is 10.7. The molecule has 3 aromatic rings. The van der Waals surface area contributed by atoms with E-state index < -0.39 is 5.91 Å². The molecule has 0 aliphatic carbocycles. The molecule has 8 nitrogen and oxygen atoms in total. The molecule has 0 bridgehead atoms. The monoisotopic (exact) mass is 244 g/mol. The Morgan fingerprint density at radius 1 is 1.39 bits per heavy atom. The minimum atomic E-state index is -0.475. The summed E-state index contributed by atoms with van der Waals surface area (Å²) in [5.41, 5.74) is 6.88. The number of carbonyl (C=O) groups excluding carboxylic acids is 1. The summed E-state index contributed by atoms with van der Waals surface area (Å²) < 4.78 is 4.36. The molecule has 3 rings (SSSR count). The van der Waals surface area contributed by atoms with E-state index in [2.05, 4.69) is 30.5 Å². The van der Waals surface area contributed by atoms with Gasteiger partial charge in [-0.2, -0.15) is 5.10 Å². The molecule has 0 atom stereocenters. The average Bonchev–Trinajstić information content (AvgIpc) is 2.96. The summed E-state index contributed by atoms with van der Waals surface area (Å²) in [7, 11) is 0. The fourth-order valence-electron chi connectivity index (χ4n) is 1.56. The molecule has 1 aromatic carbocycles. The van der Waals surface area contributed by atoms with E-state index in [9.17, 15) is 4.79 Å². The zero-order valence-corrected chi connectivity index (χ0v) is 9.04. The lowest BCUT2D eigenvalue weighted by Gasteiger charge is -2.02. The maximum Gasteiger partial charge on any atom is 0.281 e. The van der Waals surface area contributed by atoms with E-state index >= 15 is 0 Å². The minimum Gasteiger partial charge on any atom is -0.379 e. The van der Waals surface area contributed by atoms with Gasteiger partial charge in [-0.05, 0) is 28.5 Å². The van der Waals surface area contributed by atoms with Crippen molar-refractivity contribution in [2.45, 2.75) is 0 Å². The number of aromatic nitrogens is 4. The maximum atomic E-state index is 11.8. The molecule has 0 radical (unpaired) electrons. The van der Waals surface area contributed by atoms with Gasteiger partial charge < -0.3 is 11.1 Å². The van der Waals surface area contributed by atoms with Gasteiger partial charge in [-0.3, -0.25) is 9.89 Å². The second-order valence-electron chi connectivity index (χ2n) is 3.62. The first-order valence-electron chi connectivity index (χ1n) is 5.06. The Morgan fingerprint density at radius 2 is 2.28 bits per heavy atom. The Morgan fingerprint density at radius 3 is 3.06 bits per heavy atom. The molecule has 0 saturated carbocycles. The lowest BCUT2D eigenvalue weighted by atomic mass is 10.2. The molecule has 8 heteroatoms. The van der Waals surface area contributed by atoms with Crippen LogP contribution < -0.4 is 11.1 Å². The highest BCUT2D eigenvalue weighted by Gasteiger charge is 2.16. The van der Waals surface area contributed by atoms with Crippen molar-refractivity contribution in [3.8, 4) is 0 Å². The van der Waals surface area contributed by atoms with Gasteiger partial charge in [0.15, 0.2) is 0 Å². The Bertz CT molecular complexity index is 716. The summed E-state index contributed by atoms with van der Waals surface area (Å²) in [5, 5.41) is 17.0. The highest BCUT2D eigenvalue weighted by Crippen LogP contribution is 2.17. The third kappa shape index (κ3) is 1.65. The van der Waals surface area contributed by atoms with Crippen LogP contribution in [0.3, 0.4) is 0 Å². The number of anilines is 2. The molecule has 18 heavy (non-hydrogen) atoms. The molecular weight excluding hydrogens is 236 g/mol.